The van der Waals surface area contributed by atoms with Gasteiger partial charge in [-0.1, -0.05) is 12.1 Å². The normalized spacial score (nSPS) is 27.6. The third kappa shape index (κ3) is 2.13. The van der Waals surface area contributed by atoms with Crippen LogP contribution in [0.2, 0.25) is 0 Å². The first-order chi connectivity index (χ1) is 6.75. The van der Waals surface area contributed by atoms with Gasteiger partial charge in [-0.15, -0.1) is 0 Å². The van der Waals surface area contributed by atoms with E-state index in [4.69, 9.17) is 0 Å². The molecular weight excluding hydrogens is 179 g/mol. The molecule has 0 heterocycles. The summed E-state index contributed by atoms with van der Waals surface area (Å²) in [5.74, 6) is 0.280. The van der Waals surface area contributed by atoms with Crippen molar-refractivity contribution in [3.05, 3.63) is 35.6 Å². The predicted octanol–water partition coefficient (Wildman–Crippen LogP) is 2.84. The first-order valence-corrected chi connectivity index (χ1v) is 5.19. The van der Waals surface area contributed by atoms with Crippen molar-refractivity contribution in [1.29, 1.82) is 0 Å². The molecule has 2 heteroatoms. The third-order valence-electron chi connectivity index (χ3n) is 3.02. The maximum Gasteiger partial charge on any atom is 0.123 e. The molecule has 0 bridgehead atoms. The summed E-state index contributed by atoms with van der Waals surface area (Å²) in [4.78, 5) is 0. The highest BCUT2D eigenvalue weighted by molar-refractivity contribution is 5.21. The van der Waals surface area contributed by atoms with E-state index in [1.54, 1.807) is 12.1 Å². The number of benzene rings is 1. The molecule has 1 aromatic carbocycles. The summed E-state index contributed by atoms with van der Waals surface area (Å²) in [5, 5.41) is 9.35. The van der Waals surface area contributed by atoms with Crippen molar-refractivity contribution >= 4 is 0 Å². The lowest BCUT2D eigenvalue weighted by Gasteiger charge is -2.25. The molecule has 2 rings (SSSR count). The highest BCUT2D eigenvalue weighted by atomic mass is 19.1. The molecule has 0 radical (unpaired) electrons. The van der Waals surface area contributed by atoms with Crippen LogP contribution in [0.4, 0.5) is 4.39 Å². The van der Waals surface area contributed by atoms with Crippen molar-refractivity contribution in [2.45, 2.75) is 37.7 Å². The lowest BCUT2D eigenvalue weighted by Crippen LogP contribution is -2.16. The van der Waals surface area contributed by atoms with Gasteiger partial charge < -0.3 is 5.11 Å². The Morgan fingerprint density at radius 1 is 1.14 bits per heavy atom. The lowest BCUT2D eigenvalue weighted by atomic mass is 9.83. The van der Waals surface area contributed by atoms with E-state index in [9.17, 15) is 9.50 Å². The average Bonchev–Trinajstić information content (AvgIpc) is 2.19. The fourth-order valence-corrected chi connectivity index (χ4v) is 2.17. The number of hydrogen-bond donors (Lipinski definition) is 1. The number of aliphatic hydroxyl groups is 1. The summed E-state index contributed by atoms with van der Waals surface area (Å²) in [6.45, 7) is 0. The van der Waals surface area contributed by atoms with Crippen LogP contribution in [0.5, 0.6) is 0 Å². The van der Waals surface area contributed by atoms with E-state index in [-0.39, 0.29) is 11.9 Å². The SMILES string of the molecule is O[C@H]1CC[C@@H](c2cccc(F)c2)CC1. The highest BCUT2D eigenvalue weighted by Crippen LogP contribution is 2.32. The Kier molecular flexibility index (Phi) is 2.82. The maximum absolute atomic E-state index is 12.9. The zero-order valence-corrected chi connectivity index (χ0v) is 8.12. The van der Waals surface area contributed by atoms with Crippen LogP contribution in [0, 0.1) is 5.82 Å². The van der Waals surface area contributed by atoms with Crippen molar-refractivity contribution in [1.82, 2.24) is 0 Å². The highest BCUT2D eigenvalue weighted by Gasteiger charge is 2.20. The van der Waals surface area contributed by atoms with Gasteiger partial charge in [-0.2, -0.15) is 0 Å². The van der Waals surface area contributed by atoms with Gasteiger partial charge in [0.1, 0.15) is 5.82 Å². The topological polar surface area (TPSA) is 20.2 Å². The molecule has 1 aliphatic rings. The van der Waals surface area contributed by atoms with Crippen LogP contribution in [0.1, 0.15) is 37.2 Å². The van der Waals surface area contributed by atoms with Crippen molar-refractivity contribution in [2.75, 3.05) is 0 Å². The maximum atomic E-state index is 12.9. The summed E-state index contributed by atoms with van der Waals surface area (Å²) in [6, 6.07) is 6.82. The largest absolute Gasteiger partial charge is 0.393 e. The molecule has 0 unspecified atom stereocenters. The van der Waals surface area contributed by atoms with Crippen molar-refractivity contribution < 1.29 is 9.50 Å². The van der Waals surface area contributed by atoms with Crippen LogP contribution >= 0.6 is 0 Å². The Morgan fingerprint density at radius 2 is 1.86 bits per heavy atom. The van der Waals surface area contributed by atoms with Crippen molar-refractivity contribution in [2.24, 2.45) is 0 Å². The number of hydrogen-bond acceptors (Lipinski definition) is 1. The number of halogens is 1. The molecule has 0 amide bonds. The Balaban J connectivity index is 2.08. The average molecular weight is 194 g/mol. The molecule has 0 aromatic heterocycles. The van der Waals surface area contributed by atoms with Crippen LogP contribution in [0.15, 0.2) is 24.3 Å². The fourth-order valence-electron chi connectivity index (χ4n) is 2.17. The van der Waals surface area contributed by atoms with Crippen LogP contribution in [-0.4, -0.2) is 11.2 Å². The van der Waals surface area contributed by atoms with Crippen LogP contribution in [0.3, 0.4) is 0 Å². The molecule has 1 saturated carbocycles. The summed E-state index contributed by atoms with van der Waals surface area (Å²) in [5.41, 5.74) is 1.08. The minimum Gasteiger partial charge on any atom is -0.393 e. The van der Waals surface area contributed by atoms with Gasteiger partial charge in [0, 0.05) is 0 Å². The molecule has 1 fully saturated rings. The third-order valence-corrected chi connectivity index (χ3v) is 3.02. The molecular formula is C12H15FO. The van der Waals surface area contributed by atoms with E-state index in [2.05, 4.69) is 0 Å². The van der Waals surface area contributed by atoms with Crippen LogP contribution < -0.4 is 0 Å². The predicted molar refractivity (Wildman–Crippen MR) is 53.6 cm³/mol. The van der Waals surface area contributed by atoms with Gasteiger partial charge in [0.15, 0.2) is 0 Å². The molecule has 0 saturated heterocycles. The zero-order chi connectivity index (χ0) is 9.97. The molecule has 1 aromatic rings. The fraction of sp³-hybridized carbons (Fsp3) is 0.500. The minimum atomic E-state index is -0.159. The Hall–Kier alpha value is -0.890. The van der Waals surface area contributed by atoms with Gasteiger partial charge in [-0.05, 0) is 49.3 Å². The second kappa shape index (κ2) is 4.09. The first-order valence-electron chi connectivity index (χ1n) is 5.19. The van der Waals surface area contributed by atoms with E-state index in [1.165, 1.54) is 6.07 Å². The van der Waals surface area contributed by atoms with Gasteiger partial charge in [-0.25, -0.2) is 4.39 Å². The van der Waals surface area contributed by atoms with Crippen molar-refractivity contribution in [3.8, 4) is 0 Å². The molecule has 76 valence electrons. The van der Waals surface area contributed by atoms with E-state index in [0.29, 0.717) is 5.92 Å². The molecule has 1 aliphatic carbocycles. The Bertz CT molecular complexity index is 303. The standard InChI is InChI=1S/C12H15FO/c13-11-3-1-2-10(8-11)9-4-6-12(14)7-5-9/h1-3,8-9,12,14H,4-7H2/t9-,12+. The van der Waals surface area contributed by atoms with Crippen molar-refractivity contribution in [3.63, 3.8) is 0 Å². The first kappa shape index (κ1) is 9.66. The molecule has 0 atom stereocenters. The molecule has 0 aliphatic heterocycles. The number of rotatable bonds is 1. The summed E-state index contributed by atoms with van der Waals surface area (Å²) < 4.78 is 12.9. The second-order valence-electron chi connectivity index (χ2n) is 4.06. The van der Waals surface area contributed by atoms with Crippen LogP contribution in [-0.2, 0) is 0 Å². The molecule has 14 heavy (non-hydrogen) atoms. The van der Waals surface area contributed by atoms with Gasteiger partial charge in [0.25, 0.3) is 0 Å². The monoisotopic (exact) mass is 194 g/mol. The van der Waals surface area contributed by atoms with Crippen LogP contribution in [0.25, 0.3) is 0 Å². The summed E-state index contributed by atoms with van der Waals surface area (Å²) >= 11 is 0. The number of aliphatic hydroxyl groups excluding tert-OH is 1. The molecule has 1 nitrogen and oxygen atoms in total. The Labute approximate surface area is 83.6 Å². The van der Waals surface area contributed by atoms with Gasteiger partial charge in [0.2, 0.25) is 0 Å². The quantitative estimate of drug-likeness (QED) is 0.728. The zero-order valence-electron chi connectivity index (χ0n) is 8.12. The Morgan fingerprint density at radius 3 is 2.50 bits per heavy atom. The molecule has 1 N–H and O–H groups in total. The van der Waals surface area contributed by atoms with Gasteiger partial charge in [-0.3, -0.25) is 0 Å². The van der Waals surface area contributed by atoms with E-state index in [0.717, 1.165) is 31.2 Å². The summed E-state index contributed by atoms with van der Waals surface area (Å²) in [7, 11) is 0. The van der Waals surface area contributed by atoms with Gasteiger partial charge in [0.05, 0.1) is 6.10 Å². The van der Waals surface area contributed by atoms with E-state index in [1.807, 2.05) is 6.07 Å². The smallest absolute Gasteiger partial charge is 0.123 e. The minimum absolute atomic E-state index is 0.139. The van der Waals surface area contributed by atoms with E-state index < -0.39 is 0 Å². The van der Waals surface area contributed by atoms with E-state index >= 15 is 0 Å². The lowest BCUT2D eigenvalue weighted by molar-refractivity contribution is 0.122. The van der Waals surface area contributed by atoms with Gasteiger partial charge >= 0.3 is 0 Å². The molecule has 0 spiro atoms. The second-order valence-corrected chi connectivity index (χ2v) is 4.06. The summed E-state index contributed by atoms with van der Waals surface area (Å²) in [6.07, 6.45) is 3.51.